The van der Waals surface area contributed by atoms with E-state index in [1.807, 2.05) is 24.0 Å². The highest BCUT2D eigenvalue weighted by molar-refractivity contribution is 5.85. The maximum absolute atomic E-state index is 12.7. The molecule has 1 N–H and O–H groups in total. The molecule has 6 nitrogen and oxygen atoms in total. The molecule has 1 spiro atoms. The summed E-state index contributed by atoms with van der Waals surface area (Å²) >= 11 is 0. The topological polar surface area (TPSA) is 67.5 Å². The van der Waals surface area contributed by atoms with E-state index in [1.54, 1.807) is 6.07 Å². The van der Waals surface area contributed by atoms with Gasteiger partial charge in [0, 0.05) is 25.0 Å². The summed E-state index contributed by atoms with van der Waals surface area (Å²) in [6.45, 7) is 5.66. The van der Waals surface area contributed by atoms with Crippen LogP contribution in [-0.4, -0.2) is 41.6 Å². The van der Waals surface area contributed by atoms with Crippen molar-refractivity contribution in [2.24, 2.45) is 5.41 Å². The van der Waals surface area contributed by atoms with E-state index in [0.717, 1.165) is 38.2 Å². The molecule has 0 radical (unpaired) electrons. The lowest BCUT2D eigenvalue weighted by atomic mass is 9.80. The third kappa shape index (κ3) is 3.33. The Morgan fingerprint density at radius 3 is 2.96 bits per heavy atom. The zero-order valence-corrected chi connectivity index (χ0v) is 15.2. The van der Waals surface area contributed by atoms with Crippen LogP contribution in [0.15, 0.2) is 27.4 Å². The lowest BCUT2D eigenvalue weighted by Gasteiger charge is -2.33. The van der Waals surface area contributed by atoms with E-state index in [1.165, 1.54) is 17.4 Å². The highest BCUT2D eigenvalue weighted by Crippen LogP contribution is 2.36. The van der Waals surface area contributed by atoms with Crippen LogP contribution in [0, 0.1) is 12.3 Å². The van der Waals surface area contributed by atoms with Gasteiger partial charge >= 0.3 is 5.76 Å². The standard InChI is InChI=1S/C18H23N3O3.ClH/c1-13-3-4-15-14(9-13)21(17(23)24-15)10-16(22)20-8-6-18(12-20)5-2-7-19-11-18;/h3-4,9,19H,2,5-8,10-12H2,1H3;1H. The summed E-state index contributed by atoms with van der Waals surface area (Å²) in [6.07, 6.45) is 3.40. The number of nitrogens with one attached hydrogen (secondary N) is 1. The monoisotopic (exact) mass is 365 g/mol. The molecule has 2 saturated heterocycles. The molecule has 2 fully saturated rings. The fourth-order valence-electron chi connectivity index (χ4n) is 4.08. The van der Waals surface area contributed by atoms with E-state index in [4.69, 9.17) is 4.42 Å². The predicted octanol–water partition coefficient (Wildman–Crippen LogP) is 1.93. The summed E-state index contributed by atoms with van der Waals surface area (Å²) in [5.74, 6) is -0.457. The number of halogens is 1. The van der Waals surface area contributed by atoms with Crippen LogP contribution in [0.5, 0.6) is 0 Å². The van der Waals surface area contributed by atoms with E-state index in [2.05, 4.69) is 5.32 Å². The fraction of sp³-hybridized carbons (Fsp3) is 0.556. The summed E-state index contributed by atoms with van der Waals surface area (Å²) in [5, 5.41) is 3.45. The van der Waals surface area contributed by atoms with Gasteiger partial charge in [0.05, 0.1) is 5.52 Å². The minimum atomic E-state index is -0.461. The van der Waals surface area contributed by atoms with E-state index >= 15 is 0 Å². The fourth-order valence-corrected chi connectivity index (χ4v) is 4.08. The molecule has 25 heavy (non-hydrogen) atoms. The zero-order valence-electron chi connectivity index (χ0n) is 14.4. The van der Waals surface area contributed by atoms with E-state index in [-0.39, 0.29) is 30.3 Å². The number of piperidine rings is 1. The first-order valence-electron chi connectivity index (χ1n) is 8.65. The number of nitrogens with zero attached hydrogens (tertiary/aromatic N) is 2. The van der Waals surface area contributed by atoms with Crippen molar-refractivity contribution in [2.45, 2.75) is 32.7 Å². The number of oxazole rings is 1. The van der Waals surface area contributed by atoms with Crippen molar-refractivity contribution in [1.82, 2.24) is 14.8 Å². The number of hydrogen-bond donors (Lipinski definition) is 1. The van der Waals surface area contributed by atoms with Crippen LogP contribution in [-0.2, 0) is 11.3 Å². The summed E-state index contributed by atoms with van der Waals surface area (Å²) < 4.78 is 6.71. The number of hydrogen-bond acceptors (Lipinski definition) is 4. The van der Waals surface area contributed by atoms with Gasteiger partial charge in [-0.15, -0.1) is 12.4 Å². The van der Waals surface area contributed by atoms with Crippen molar-refractivity contribution >= 4 is 29.4 Å². The van der Waals surface area contributed by atoms with Crippen LogP contribution in [0.4, 0.5) is 0 Å². The quantitative estimate of drug-likeness (QED) is 0.883. The first-order chi connectivity index (χ1) is 11.6. The molecule has 136 valence electrons. The van der Waals surface area contributed by atoms with Crippen molar-refractivity contribution in [3.63, 3.8) is 0 Å². The molecule has 2 aromatic rings. The van der Waals surface area contributed by atoms with Crippen LogP contribution in [0.1, 0.15) is 24.8 Å². The van der Waals surface area contributed by atoms with Gasteiger partial charge in [-0.25, -0.2) is 4.79 Å². The van der Waals surface area contributed by atoms with Gasteiger partial charge in [0.2, 0.25) is 5.91 Å². The molecule has 4 rings (SSSR count). The van der Waals surface area contributed by atoms with Gasteiger partial charge in [-0.1, -0.05) is 6.07 Å². The largest absolute Gasteiger partial charge is 0.420 e. The second-order valence-electron chi connectivity index (χ2n) is 7.27. The maximum atomic E-state index is 12.7. The third-order valence-electron chi connectivity index (χ3n) is 5.47. The normalized spacial score (nSPS) is 23.2. The Hall–Kier alpha value is -1.79. The zero-order chi connectivity index (χ0) is 16.7. The molecule has 1 aromatic carbocycles. The van der Waals surface area contributed by atoms with E-state index < -0.39 is 5.76 Å². The number of carbonyl (C=O) groups is 1. The van der Waals surface area contributed by atoms with Crippen LogP contribution < -0.4 is 11.1 Å². The molecule has 2 aliphatic rings. The van der Waals surface area contributed by atoms with E-state index in [9.17, 15) is 9.59 Å². The Bertz CT molecular complexity index is 836. The van der Waals surface area contributed by atoms with Gasteiger partial charge in [0.1, 0.15) is 6.54 Å². The minimum absolute atomic E-state index is 0. The van der Waals surface area contributed by atoms with Crippen LogP contribution >= 0.6 is 12.4 Å². The first kappa shape index (κ1) is 18.0. The van der Waals surface area contributed by atoms with Crippen molar-refractivity contribution < 1.29 is 9.21 Å². The molecule has 1 unspecified atom stereocenters. The predicted molar refractivity (Wildman–Crippen MR) is 98.2 cm³/mol. The van der Waals surface area contributed by atoms with Crippen molar-refractivity contribution in [3.8, 4) is 0 Å². The number of amides is 1. The average Bonchev–Trinajstić information content (AvgIpc) is 3.11. The van der Waals surface area contributed by atoms with Gasteiger partial charge in [-0.3, -0.25) is 9.36 Å². The van der Waals surface area contributed by atoms with Gasteiger partial charge < -0.3 is 14.6 Å². The summed E-state index contributed by atoms with van der Waals surface area (Å²) in [6, 6.07) is 5.58. The molecular weight excluding hydrogens is 342 g/mol. The average molecular weight is 366 g/mol. The Balaban J connectivity index is 0.00000182. The van der Waals surface area contributed by atoms with E-state index in [0.29, 0.717) is 11.1 Å². The summed E-state index contributed by atoms with van der Waals surface area (Å²) in [4.78, 5) is 26.7. The number of carbonyl (C=O) groups excluding carboxylic acids is 1. The molecule has 1 aromatic heterocycles. The highest BCUT2D eigenvalue weighted by atomic mass is 35.5. The first-order valence-corrected chi connectivity index (χ1v) is 8.65. The number of likely N-dealkylation sites (tertiary alicyclic amines) is 1. The number of aryl methyl sites for hydroxylation is 1. The van der Waals surface area contributed by atoms with Crippen molar-refractivity contribution in [2.75, 3.05) is 26.2 Å². The van der Waals surface area contributed by atoms with Gasteiger partial charge in [0.15, 0.2) is 5.58 Å². The molecule has 0 bridgehead atoms. The molecular formula is C18H24ClN3O3. The Kier molecular flexibility index (Phi) is 4.93. The highest BCUT2D eigenvalue weighted by Gasteiger charge is 2.40. The van der Waals surface area contributed by atoms with Crippen LogP contribution in [0.25, 0.3) is 11.1 Å². The lowest BCUT2D eigenvalue weighted by Crippen LogP contribution is -2.43. The summed E-state index contributed by atoms with van der Waals surface area (Å²) in [7, 11) is 0. The van der Waals surface area contributed by atoms with Crippen LogP contribution in [0.2, 0.25) is 0 Å². The maximum Gasteiger partial charge on any atom is 0.420 e. The Morgan fingerprint density at radius 2 is 2.20 bits per heavy atom. The Morgan fingerprint density at radius 1 is 1.36 bits per heavy atom. The summed E-state index contributed by atoms with van der Waals surface area (Å²) in [5.41, 5.74) is 2.50. The van der Waals surface area contributed by atoms with Gasteiger partial charge in [-0.2, -0.15) is 0 Å². The van der Waals surface area contributed by atoms with Gasteiger partial charge in [-0.05, 0) is 50.4 Å². The SMILES string of the molecule is Cc1ccc2oc(=O)n(CC(=O)N3CCC4(CCCNC4)C3)c2c1.Cl. The van der Waals surface area contributed by atoms with Crippen LogP contribution in [0.3, 0.4) is 0 Å². The van der Waals surface area contributed by atoms with Crippen molar-refractivity contribution in [1.29, 1.82) is 0 Å². The lowest BCUT2D eigenvalue weighted by molar-refractivity contribution is -0.131. The second-order valence-corrected chi connectivity index (χ2v) is 7.27. The number of aromatic nitrogens is 1. The minimum Gasteiger partial charge on any atom is -0.408 e. The smallest absolute Gasteiger partial charge is 0.408 e. The Labute approximate surface area is 152 Å². The van der Waals surface area contributed by atoms with Crippen molar-refractivity contribution in [3.05, 3.63) is 34.3 Å². The third-order valence-corrected chi connectivity index (χ3v) is 5.47. The molecule has 1 amide bonds. The van der Waals surface area contributed by atoms with Gasteiger partial charge in [0.25, 0.3) is 0 Å². The number of fused-ring (bicyclic) bond motifs is 1. The molecule has 7 heteroatoms. The second kappa shape index (κ2) is 6.84. The molecule has 0 aliphatic carbocycles. The molecule has 0 saturated carbocycles. The molecule has 3 heterocycles. The number of rotatable bonds is 2. The number of benzene rings is 1. The molecule has 1 atom stereocenters. The molecule has 2 aliphatic heterocycles.